The molecule has 27 heavy (non-hydrogen) atoms. The summed E-state index contributed by atoms with van der Waals surface area (Å²) in [4.78, 5) is 2.61. The lowest BCUT2D eigenvalue weighted by molar-refractivity contribution is 0.241. The van der Waals surface area contributed by atoms with E-state index < -0.39 is 0 Å². The van der Waals surface area contributed by atoms with Crippen LogP contribution in [0.4, 0.5) is 0 Å². The third-order valence-electron chi connectivity index (χ3n) is 5.26. The van der Waals surface area contributed by atoms with E-state index in [9.17, 15) is 0 Å². The lowest BCUT2D eigenvalue weighted by Crippen LogP contribution is -2.33. The first-order valence-electron chi connectivity index (χ1n) is 9.67. The molecule has 1 atom stereocenters. The average molecular weight is 421 g/mol. The Morgan fingerprint density at radius 3 is 2.04 bits per heavy atom. The Bertz CT molecular complexity index is 836. The number of hydrogen-bond acceptors (Lipinski definition) is 2. The van der Waals surface area contributed by atoms with E-state index in [1.165, 1.54) is 28.7 Å². The van der Waals surface area contributed by atoms with Crippen molar-refractivity contribution in [2.24, 2.45) is 0 Å². The molecular weight excluding hydrogens is 396 g/mol. The van der Waals surface area contributed by atoms with Gasteiger partial charge in [0.05, 0.1) is 6.04 Å². The molecule has 1 unspecified atom stereocenters. The molecule has 3 aromatic rings. The van der Waals surface area contributed by atoms with E-state index in [4.69, 9.17) is 0 Å². The summed E-state index contributed by atoms with van der Waals surface area (Å²) >= 11 is 3.57. The average Bonchev–Trinajstić information content (AvgIpc) is 3.00. The van der Waals surface area contributed by atoms with Crippen molar-refractivity contribution in [3.05, 3.63) is 94.5 Å². The number of hydrogen-bond donors (Lipinski definition) is 1. The first kappa shape index (κ1) is 18.4. The second-order valence-electron chi connectivity index (χ2n) is 7.08. The molecule has 0 bridgehead atoms. The van der Waals surface area contributed by atoms with Gasteiger partial charge in [-0.05, 0) is 47.4 Å². The molecule has 1 fully saturated rings. The molecule has 4 rings (SSSR count). The largest absolute Gasteiger partial charge is 0.315 e. The number of halogens is 1. The molecular formula is C24H25BrN2. The fourth-order valence-electron chi connectivity index (χ4n) is 3.87. The zero-order valence-corrected chi connectivity index (χ0v) is 17.0. The maximum absolute atomic E-state index is 3.57. The summed E-state index contributed by atoms with van der Waals surface area (Å²) in [5.74, 6) is 0. The smallest absolute Gasteiger partial charge is 0.0602 e. The van der Waals surface area contributed by atoms with Crippen molar-refractivity contribution in [3.8, 4) is 11.1 Å². The van der Waals surface area contributed by atoms with Gasteiger partial charge in [0.25, 0.3) is 0 Å². The molecule has 0 aliphatic carbocycles. The summed E-state index contributed by atoms with van der Waals surface area (Å²) < 4.78 is 1.13. The summed E-state index contributed by atoms with van der Waals surface area (Å²) in [6, 6.07) is 28.8. The van der Waals surface area contributed by atoms with Gasteiger partial charge in [0, 0.05) is 24.1 Å². The Morgan fingerprint density at radius 2 is 1.33 bits per heavy atom. The Labute approximate surface area is 170 Å². The van der Waals surface area contributed by atoms with Crippen molar-refractivity contribution in [2.45, 2.75) is 12.5 Å². The second-order valence-corrected chi connectivity index (χ2v) is 8.00. The van der Waals surface area contributed by atoms with Crippen molar-refractivity contribution in [1.82, 2.24) is 10.2 Å². The Balaban J connectivity index is 1.68. The molecule has 1 saturated heterocycles. The van der Waals surface area contributed by atoms with E-state index in [0.717, 1.165) is 30.7 Å². The van der Waals surface area contributed by atoms with Gasteiger partial charge in [-0.25, -0.2) is 0 Å². The van der Waals surface area contributed by atoms with E-state index >= 15 is 0 Å². The van der Waals surface area contributed by atoms with Crippen LogP contribution in [0, 0.1) is 0 Å². The normalized spacial score (nSPS) is 16.6. The molecule has 0 amide bonds. The van der Waals surface area contributed by atoms with Crippen molar-refractivity contribution < 1.29 is 0 Å². The van der Waals surface area contributed by atoms with Crippen LogP contribution in [0.3, 0.4) is 0 Å². The number of nitrogens with zero attached hydrogens (tertiary/aromatic N) is 1. The van der Waals surface area contributed by atoms with E-state index in [1.807, 2.05) is 0 Å². The molecule has 1 aliphatic heterocycles. The molecule has 1 N–H and O–H groups in total. The quantitative estimate of drug-likeness (QED) is 0.599. The van der Waals surface area contributed by atoms with Crippen molar-refractivity contribution in [1.29, 1.82) is 0 Å². The molecule has 2 nitrogen and oxygen atoms in total. The van der Waals surface area contributed by atoms with Gasteiger partial charge >= 0.3 is 0 Å². The van der Waals surface area contributed by atoms with Gasteiger partial charge in [0.15, 0.2) is 0 Å². The summed E-state index contributed by atoms with van der Waals surface area (Å²) in [7, 11) is 0. The van der Waals surface area contributed by atoms with Crippen molar-refractivity contribution >= 4 is 15.9 Å². The molecule has 0 saturated carbocycles. The third-order valence-corrected chi connectivity index (χ3v) is 5.79. The lowest BCUT2D eigenvalue weighted by Gasteiger charge is -2.31. The van der Waals surface area contributed by atoms with Crippen LogP contribution in [0.5, 0.6) is 0 Å². The van der Waals surface area contributed by atoms with Gasteiger partial charge in [-0.15, -0.1) is 0 Å². The molecule has 3 heteroatoms. The van der Waals surface area contributed by atoms with Crippen LogP contribution in [0.2, 0.25) is 0 Å². The Morgan fingerprint density at radius 1 is 0.704 bits per heavy atom. The van der Waals surface area contributed by atoms with Crippen molar-refractivity contribution in [3.63, 3.8) is 0 Å². The van der Waals surface area contributed by atoms with Crippen LogP contribution in [0.25, 0.3) is 11.1 Å². The summed E-state index contributed by atoms with van der Waals surface area (Å²) in [5, 5.41) is 3.53. The fourth-order valence-corrected chi connectivity index (χ4v) is 4.14. The highest BCUT2D eigenvalue weighted by atomic mass is 79.9. The van der Waals surface area contributed by atoms with Gasteiger partial charge in [-0.2, -0.15) is 0 Å². The molecule has 1 heterocycles. The number of benzene rings is 3. The van der Waals surface area contributed by atoms with Crippen LogP contribution >= 0.6 is 15.9 Å². The standard InChI is InChI=1S/C24H25BrN2/c25-23-13-11-22(12-14-23)24(27-17-4-15-26-16-18-27)21-9-7-20(8-10-21)19-5-2-1-3-6-19/h1-3,5-14,24,26H,4,15-18H2. The molecule has 0 spiro atoms. The highest BCUT2D eigenvalue weighted by molar-refractivity contribution is 9.10. The molecule has 1 aliphatic rings. The minimum Gasteiger partial charge on any atom is -0.315 e. The van der Waals surface area contributed by atoms with Crippen LogP contribution in [-0.2, 0) is 0 Å². The van der Waals surface area contributed by atoms with Crippen LogP contribution in [-0.4, -0.2) is 31.1 Å². The summed E-state index contributed by atoms with van der Waals surface area (Å²) in [6.07, 6.45) is 1.19. The lowest BCUT2D eigenvalue weighted by atomic mass is 9.94. The molecule has 3 aromatic carbocycles. The first-order chi connectivity index (χ1) is 13.3. The maximum atomic E-state index is 3.57. The zero-order valence-electron chi connectivity index (χ0n) is 15.4. The van der Waals surface area contributed by atoms with Crippen LogP contribution in [0.15, 0.2) is 83.3 Å². The van der Waals surface area contributed by atoms with Gasteiger partial charge in [-0.1, -0.05) is 82.7 Å². The Kier molecular flexibility index (Phi) is 6.03. The summed E-state index contributed by atoms with van der Waals surface area (Å²) in [5.41, 5.74) is 5.25. The first-order valence-corrected chi connectivity index (χ1v) is 10.5. The third kappa shape index (κ3) is 4.49. The van der Waals surface area contributed by atoms with Gasteiger partial charge in [-0.3, -0.25) is 4.90 Å². The second kappa shape index (κ2) is 8.83. The Hall–Kier alpha value is -1.94. The topological polar surface area (TPSA) is 15.3 Å². The molecule has 0 radical (unpaired) electrons. The van der Waals surface area contributed by atoms with E-state index in [0.29, 0.717) is 6.04 Å². The highest BCUT2D eigenvalue weighted by Gasteiger charge is 2.23. The van der Waals surface area contributed by atoms with Gasteiger partial charge < -0.3 is 5.32 Å². The monoisotopic (exact) mass is 420 g/mol. The van der Waals surface area contributed by atoms with Gasteiger partial charge in [0.1, 0.15) is 0 Å². The van der Waals surface area contributed by atoms with E-state index in [2.05, 4.69) is 105 Å². The predicted octanol–water partition coefficient (Wildman–Crippen LogP) is 5.50. The SMILES string of the molecule is Brc1ccc(C(c2ccc(-c3ccccc3)cc2)N2CCCNCC2)cc1. The van der Waals surface area contributed by atoms with Crippen molar-refractivity contribution in [2.75, 3.05) is 26.2 Å². The summed E-state index contributed by atoms with van der Waals surface area (Å²) in [6.45, 7) is 4.35. The number of rotatable bonds is 4. The van der Waals surface area contributed by atoms with E-state index in [-0.39, 0.29) is 0 Å². The highest BCUT2D eigenvalue weighted by Crippen LogP contribution is 2.31. The number of nitrogens with one attached hydrogen (secondary N) is 1. The maximum Gasteiger partial charge on any atom is 0.0602 e. The minimum absolute atomic E-state index is 0.294. The molecule has 138 valence electrons. The predicted molar refractivity (Wildman–Crippen MR) is 117 cm³/mol. The molecule has 0 aromatic heterocycles. The minimum atomic E-state index is 0.294. The van der Waals surface area contributed by atoms with E-state index in [1.54, 1.807) is 0 Å². The fraction of sp³-hybridized carbons (Fsp3) is 0.250. The van der Waals surface area contributed by atoms with Crippen LogP contribution < -0.4 is 5.32 Å². The zero-order chi connectivity index (χ0) is 18.5. The van der Waals surface area contributed by atoms with Crippen LogP contribution in [0.1, 0.15) is 23.6 Å². The van der Waals surface area contributed by atoms with Gasteiger partial charge in [0.2, 0.25) is 0 Å².